The normalized spacial score (nSPS) is 10.8. The van der Waals surface area contributed by atoms with E-state index in [1.807, 2.05) is 25.2 Å². The molecule has 2 aromatic carbocycles. The van der Waals surface area contributed by atoms with Gasteiger partial charge in [0.05, 0.1) is 23.3 Å². The van der Waals surface area contributed by atoms with Gasteiger partial charge in [0.15, 0.2) is 0 Å². The molecule has 0 aliphatic carbocycles. The number of hydrogen-bond acceptors (Lipinski definition) is 5. The first-order valence-corrected chi connectivity index (χ1v) is 10.5. The molecule has 0 aliphatic rings. The molecule has 6 nitrogen and oxygen atoms in total. The second-order valence-corrected chi connectivity index (χ2v) is 7.81. The van der Waals surface area contributed by atoms with Crippen LogP contribution in [0.2, 0.25) is 10.0 Å². The summed E-state index contributed by atoms with van der Waals surface area (Å²) in [4.78, 5) is 25.9. The number of benzene rings is 2. The van der Waals surface area contributed by atoms with Crippen molar-refractivity contribution >= 4 is 46.3 Å². The second-order valence-electron chi connectivity index (χ2n) is 6.21. The number of ether oxygens (including phenoxy) is 1. The number of rotatable bonds is 9. The molecule has 2 N–H and O–H groups in total. The van der Waals surface area contributed by atoms with Crippen LogP contribution in [0.1, 0.15) is 15.9 Å². The fourth-order valence-corrected chi connectivity index (χ4v) is 3.14. The molecule has 156 valence electrons. The number of nitrogens with zero attached hydrogens (tertiary/aromatic N) is 1. The molecule has 2 rings (SSSR count). The summed E-state index contributed by atoms with van der Waals surface area (Å²) in [6, 6.07) is 14.3. The molecular weight excluding hydrogens is 433 g/mol. The second kappa shape index (κ2) is 12.7. The van der Waals surface area contributed by atoms with Crippen LogP contribution in [0.15, 0.2) is 48.5 Å². The maximum Gasteiger partial charge on any atom is 0.325 e. The number of nitrogens with one attached hydrogen (secondary N) is 2. The zero-order chi connectivity index (χ0) is 21.1. The van der Waals surface area contributed by atoms with Crippen molar-refractivity contribution in [2.24, 2.45) is 0 Å². The van der Waals surface area contributed by atoms with Crippen LogP contribution in [0.4, 0.5) is 4.79 Å². The van der Waals surface area contributed by atoms with E-state index in [9.17, 15) is 9.59 Å². The zero-order valence-corrected chi connectivity index (χ0v) is 18.3. The van der Waals surface area contributed by atoms with Gasteiger partial charge in [0.1, 0.15) is 0 Å². The van der Waals surface area contributed by atoms with Crippen LogP contribution >= 0.6 is 35.1 Å². The van der Waals surface area contributed by atoms with Gasteiger partial charge >= 0.3 is 6.03 Å². The van der Waals surface area contributed by atoms with Crippen molar-refractivity contribution in [3.05, 3.63) is 69.7 Å². The summed E-state index contributed by atoms with van der Waals surface area (Å²) in [7, 11) is 2.03. The monoisotopic (exact) mass is 455 g/mol. The lowest BCUT2D eigenvalue weighted by molar-refractivity contribution is 0.108. The largest absolute Gasteiger partial charge is 0.378 e. The number of likely N-dealkylation sites (N-methyl/N-ethyl adjacent to an activating group) is 1. The van der Waals surface area contributed by atoms with Gasteiger partial charge in [0, 0.05) is 37.1 Å². The van der Waals surface area contributed by atoms with Crippen molar-refractivity contribution in [1.29, 1.82) is 0 Å². The Morgan fingerprint density at radius 3 is 2.55 bits per heavy atom. The van der Waals surface area contributed by atoms with E-state index in [2.05, 4.69) is 27.1 Å². The van der Waals surface area contributed by atoms with Gasteiger partial charge in [-0.1, -0.05) is 53.5 Å². The van der Waals surface area contributed by atoms with Crippen LogP contribution in [0.5, 0.6) is 0 Å². The SMILES string of the molecule is CN(CCOCCNC(=O)NSC(=O)c1ccc(Cl)c(Cl)c1)Cc1ccccc1. The first kappa shape index (κ1) is 23.5. The molecule has 0 bridgehead atoms. The first-order chi connectivity index (χ1) is 14.0. The Balaban J connectivity index is 1.53. The molecule has 0 heterocycles. The Kier molecular flexibility index (Phi) is 10.3. The van der Waals surface area contributed by atoms with Crippen LogP contribution in [0.25, 0.3) is 0 Å². The third-order valence-electron chi connectivity index (χ3n) is 3.84. The highest BCUT2D eigenvalue weighted by molar-refractivity contribution is 8.12. The molecule has 0 saturated heterocycles. The molecule has 0 atom stereocenters. The highest BCUT2D eigenvalue weighted by Gasteiger charge is 2.11. The van der Waals surface area contributed by atoms with Crippen molar-refractivity contribution < 1.29 is 14.3 Å². The minimum Gasteiger partial charge on any atom is -0.378 e. The number of hydrogen-bond donors (Lipinski definition) is 2. The van der Waals surface area contributed by atoms with Gasteiger partial charge in [-0.05, 0) is 30.8 Å². The molecule has 0 fully saturated rings. The molecule has 0 aliphatic heterocycles. The quantitative estimate of drug-likeness (QED) is 0.437. The predicted molar refractivity (Wildman–Crippen MR) is 119 cm³/mol. The van der Waals surface area contributed by atoms with Crippen molar-refractivity contribution in [2.45, 2.75) is 6.54 Å². The van der Waals surface area contributed by atoms with Crippen LogP contribution < -0.4 is 10.0 Å². The predicted octanol–water partition coefficient (Wildman–Crippen LogP) is 4.23. The molecule has 0 spiro atoms. The van der Waals surface area contributed by atoms with E-state index < -0.39 is 6.03 Å². The Morgan fingerprint density at radius 1 is 1.07 bits per heavy atom. The summed E-state index contributed by atoms with van der Waals surface area (Å²) >= 11 is 12.4. The molecule has 0 aromatic heterocycles. The number of amides is 2. The Bertz CT molecular complexity index is 809. The average Bonchev–Trinajstić information content (AvgIpc) is 2.71. The molecule has 29 heavy (non-hydrogen) atoms. The summed E-state index contributed by atoms with van der Waals surface area (Å²) in [6.45, 7) is 2.94. The fourth-order valence-electron chi connectivity index (χ4n) is 2.34. The smallest absolute Gasteiger partial charge is 0.325 e. The minimum absolute atomic E-state index is 0.286. The lowest BCUT2D eigenvalue weighted by Gasteiger charge is -2.16. The van der Waals surface area contributed by atoms with E-state index in [0.717, 1.165) is 13.1 Å². The first-order valence-electron chi connectivity index (χ1n) is 8.96. The zero-order valence-electron chi connectivity index (χ0n) is 16.0. The highest BCUT2D eigenvalue weighted by Crippen LogP contribution is 2.24. The van der Waals surface area contributed by atoms with Crippen LogP contribution in [0.3, 0.4) is 0 Å². The van der Waals surface area contributed by atoms with E-state index in [1.165, 1.54) is 17.7 Å². The number of halogens is 2. The average molecular weight is 456 g/mol. The van der Waals surface area contributed by atoms with Gasteiger partial charge < -0.3 is 10.1 Å². The van der Waals surface area contributed by atoms with Crippen molar-refractivity contribution in [1.82, 2.24) is 14.9 Å². The number of carbonyl (C=O) groups is 2. The van der Waals surface area contributed by atoms with Crippen LogP contribution in [-0.2, 0) is 11.3 Å². The van der Waals surface area contributed by atoms with E-state index in [4.69, 9.17) is 27.9 Å². The Morgan fingerprint density at radius 2 is 1.83 bits per heavy atom. The summed E-state index contributed by atoms with van der Waals surface area (Å²) in [6.07, 6.45) is 0. The molecule has 2 aromatic rings. The van der Waals surface area contributed by atoms with Crippen LogP contribution in [-0.4, -0.2) is 49.4 Å². The Hall–Kier alpha value is -1.77. The van der Waals surface area contributed by atoms with E-state index in [0.29, 0.717) is 42.3 Å². The lowest BCUT2D eigenvalue weighted by atomic mass is 10.2. The summed E-state index contributed by atoms with van der Waals surface area (Å²) in [5.41, 5.74) is 1.61. The van der Waals surface area contributed by atoms with Gasteiger partial charge in [-0.2, -0.15) is 0 Å². The number of urea groups is 1. The third-order valence-corrected chi connectivity index (χ3v) is 5.28. The molecule has 0 unspecified atom stereocenters. The van der Waals surface area contributed by atoms with Crippen molar-refractivity contribution in [3.63, 3.8) is 0 Å². The standard InChI is InChI=1S/C20H23Cl2N3O3S/c1-25(14-15-5-3-2-4-6-15)10-12-28-11-9-23-20(27)24-29-19(26)16-7-8-17(21)18(22)13-16/h2-8,13H,9-12,14H2,1H3,(H2,23,24,27). The van der Waals surface area contributed by atoms with Gasteiger partial charge in [0.25, 0.3) is 0 Å². The van der Waals surface area contributed by atoms with E-state index >= 15 is 0 Å². The summed E-state index contributed by atoms with van der Waals surface area (Å²) in [5, 5.41) is 2.94. The highest BCUT2D eigenvalue weighted by atomic mass is 35.5. The molecular formula is C20H23Cl2N3O3S. The van der Waals surface area contributed by atoms with E-state index in [-0.39, 0.29) is 10.1 Å². The summed E-state index contributed by atoms with van der Waals surface area (Å²) in [5.74, 6) is 0. The van der Waals surface area contributed by atoms with E-state index in [1.54, 1.807) is 6.07 Å². The molecule has 9 heteroatoms. The maximum atomic E-state index is 12.0. The van der Waals surface area contributed by atoms with Crippen LogP contribution in [0, 0.1) is 0 Å². The van der Waals surface area contributed by atoms with Gasteiger partial charge in [-0.15, -0.1) is 0 Å². The topological polar surface area (TPSA) is 70.7 Å². The van der Waals surface area contributed by atoms with Crippen molar-refractivity contribution in [2.75, 3.05) is 33.4 Å². The van der Waals surface area contributed by atoms with Gasteiger partial charge in [-0.3, -0.25) is 14.4 Å². The molecule has 0 saturated carbocycles. The summed E-state index contributed by atoms with van der Waals surface area (Å²) < 4.78 is 7.96. The third kappa shape index (κ3) is 9.06. The van der Waals surface area contributed by atoms with Gasteiger partial charge in [0.2, 0.25) is 5.12 Å². The Labute approximate surface area is 185 Å². The fraction of sp³-hybridized carbons (Fsp3) is 0.300. The molecule has 0 radical (unpaired) electrons. The minimum atomic E-state index is -0.465. The number of carbonyl (C=O) groups excluding carboxylic acids is 2. The maximum absolute atomic E-state index is 12.0. The van der Waals surface area contributed by atoms with Gasteiger partial charge in [-0.25, -0.2) is 4.79 Å². The lowest BCUT2D eigenvalue weighted by Crippen LogP contribution is -2.34. The van der Waals surface area contributed by atoms with Crippen molar-refractivity contribution in [3.8, 4) is 0 Å². The molecule has 2 amide bonds.